The van der Waals surface area contributed by atoms with Crippen molar-refractivity contribution in [3.8, 4) is 0 Å². The predicted octanol–water partition coefficient (Wildman–Crippen LogP) is 2.37. The van der Waals surface area contributed by atoms with Crippen LogP contribution in [0.5, 0.6) is 0 Å². The van der Waals surface area contributed by atoms with Crippen LogP contribution in [0, 0.1) is 0 Å². The summed E-state index contributed by atoms with van der Waals surface area (Å²) in [6.45, 7) is 8.67. The lowest BCUT2D eigenvalue weighted by molar-refractivity contribution is 0.181. The molecular formula is C12H23N3OS. The quantitative estimate of drug-likeness (QED) is 0.815. The van der Waals surface area contributed by atoms with Gasteiger partial charge in [0.2, 0.25) is 0 Å². The molecule has 0 saturated carbocycles. The van der Waals surface area contributed by atoms with Gasteiger partial charge in [-0.25, -0.2) is 4.98 Å². The van der Waals surface area contributed by atoms with Gasteiger partial charge in [0, 0.05) is 31.1 Å². The van der Waals surface area contributed by atoms with Gasteiger partial charge < -0.3 is 15.4 Å². The van der Waals surface area contributed by atoms with E-state index in [-0.39, 0.29) is 0 Å². The maximum atomic E-state index is 5.74. The normalized spacial score (nSPS) is 11.2. The van der Waals surface area contributed by atoms with Crippen LogP contribution in [0.15, 0.2) is 0 Å². The van der Waals surface area contributed by atoms with Crippen molar-refractivity contribution in [2.45, 2.75) is 46.4 Å². The molecule has 1 rings (SSSR count). The largest absolute Gasteiger partial charge is 0.378 e. The summed E-state index contributed by atoms with van der Waals surface area (Å²) < 4.78 is 5.15. The lowest BCUT2D eigenvalue weighted by atomic mass is 10.3. The Labute approximate surface area is 108 Å². The van der Waals surface area contributed by atoms with Crippen molar-refractivity contribution in [2.75, 3.05) is 18.6 Å². The van der Waals surface area contributed by atoms with E-state index >= 15 is 0 Å². The molecule has 4 nitrogen and oxygen atoms in total. The number of nitrogens with zero attached hydrogens (tertiary/aromatic N) is 2. The van der Waals surface area contributed by atoms with Crippen LogP contribution in [-0.2, 0) is 17.9 Å². The van der Waals surface area contributed by atoms with E-state index in [0.717, 1.165) is 28.7 Å². The number of hydrogen-bond acceptors (Lipinski definition) is 5. The van der Waals surface area contributed by atoms with E-state index in [1.807, 2.05) is 0 Å². The molecule has 98 valence electrons. The number of rotatable bonds is 7. The van der Waals surface area contributed by atoms with Crippen molar-refractivity contribution in [2.24, 2.45) is 5.73 Å². The highest BCUT2D eigenvalue weighted by atomic mass is 32.1. The first kappa shape index (κ1) is 14.4. The molecule has 0 bridgehead atoms. The van der Waals surface area contributed by atoms with Gasteiger partial charge in [0.25, 0.3) is 0 Å². The third-order valence-electron chi connectivity index (χ3n) is 2.57. The summed E-state index contributed by atoms with van der Waals surface area (Å²) >= 11 is 1.69. The third kappa shape index (κ3) is 3.66. The van der Waals surface area contributed by atoms with Crippen molar-refractivity contribution in [1.82, 2.24) is 4.98 Å². The predicted molar refractivity (Wildman–Crippen MR) is 73.5 cm³/mol. The van der Waals surface area contributed by atoms with Crippen LogP contribution in [0.25, 0.3) is 0 Å². The second-order valence-corrected chi connectivity index (χ2v) is 5.35. The van der Waals surface area contributed by atoms with Crippen LogP contribution in [0.3, 0.4) is 0 Å². The summed E-state index contributed by atoms with van der Waals surface area (Å²) in [4.78, 5) is 8.10. The Kier molecular flexibility index (Phi) is 5.88. The number of methoxy groups -OCH3 is 1. The molecule has 1 aromatic heterocycles. The van der Waals surface area contributed by atoms with Crippen LogP contribution in [-0.4, -0.2) is 24.7 Å². The number of ether oxygens (including phenoxy) is 1. The molecular weight excluding hydrogens is 234 g/mol. The minimum absolute atomic E-state index is 0.460. The van der Waals surface area contributed by atoms with Crippen LogP contribution in [0.4, 0.5) is 5.13 Å². The van der Waals surface area contributed by atoms with E-state index in [4.69, 9.17) is 10.5 Å². The Morgan fingerprint density at radius 1 is 1.47 bits per heavy atom. The van der Waals surface area contributed by atoms with Crippen LogP contribution >= 0.6 is 11.3 Å². The first-order valence-corrected chi connectivity index (χ1v) is 6.89. The van der Waals surface area contributed by atoms with Crippen molar-refractivity contribution < 1.29 is 4.74 Å². The summed E-state index contributed by atoms with van der Waals surface area (Å²) in [5, 5.41) is 1.06. The molecule has 0 aliphatic heterocycles. The minimum atomic E-state index is 0.460. The number of hydrogen-bond donors (Lipinski definition) is 1. The molecule has 0 unspecified atom stereocenters. The Balaban J connectivity index is 2.95. The first-order valence-electron chi connectivity index (χ1n) is 6.08. The highest BCUT2D eigenvalue weighted by molar-refractivity contribution is 7.15. The highest BCUT2D eigenvalue weighted by Gasteiger charge is 2.17. The fraction of sp³-hybridized carbons (Fsp3) is 0.750. The zero-order valence-electron chi connectivity index (χ0n) is 11.2. The van der Waals surface area contributed by atoms with E-state index in [0.29, 0.717) is 19.2 Å². The van der Waals surface area contributed by atoms with Crippen molar-refractivity contribution in [1.29, 1.82) is 0 Å². The zero-order chi connectivity index (χ0) is 12.8. The number of nitrogens with two attached hydrogens (primary N) is 1. The van der Waals surface area contributed by atoms with Gasteiger partial charge in [-0.15, -0.1) is 11.3 Å². The molecule has 1 heterocycles. The molecule has 2 N–H and O–H groups in total. The zero-order valence-corrected chi connectivity index (χ0v) is 12.0. The average Bonchev–Trinajstić information content (AvgIpc) is 2.69. The van der Waals surface area contributed by atoms with Gasteiger partial charge >= 0.3 is 0 Å². The second kappa shape index (κ2) is 6.93. The van der Waals surface area contributed by atoms with Gasteiger partial charge in [-0.2, -0.15) is 0 Å². The van der Waals surface area contributed by atoms with E-state index in [1.54, 1.807) is 18.4 Å². The topological polar surface area (TPSA) is 51.4 Å². The molecule has 0 aliphatic carbocycles. The van der Waals surface area contributed by atoms with Gasteiger partial charge in [0.05, 0.1) is 12.3 Å². The number of aromatic nitrogens is 1. The van der Waals surface area contributed by atoms with E-state index < -0.39 is 0 Å². The number of thiazole rings is 1. The lowest BCUT2D eigenvalue weighted by Gasteiger charge is -2.25. The maximum absolute atomic E-state index is 5.74. The van der Waals surface area contributed by atoms with E-state index in [2.05, 4.69) is 30.7 Å². The van der Waals surface area contributed by atoms with Crippen LogP contribution < -0.4 is 10.6 Å². The van der Waals surface area contributed by atoms with Crippen molar-refractivity contribution >= 4 is 16.5 Å². The highest BCUT2D eigenvalue weighted by Crippen LogP contribution is 2.28. The SMILES string of the molecule is CCCN(c1nc(COC)c(CN)s1)C(C)C. The molecule has 0 fully saturated rings. The Morgan fingerprint density at radius 3 is 2.65 bits per heavy atom. The minimum Gasteiger partial charge on any atom is -0.378 e. The summed E-state index contributed by atoms with van der Waals surface area (Å²) in [7, 11) is 1.69. The standard InChI is InChI=1S/C12H23N3OS/c1-5-6-15(9(2)3)12-14-10(8-16-4)11(7-13)17-12/h9H,5-8,13H2,1-4H3. The molecule has 0 aromatic carbocycles. The summed E-state index contributed by atoms with van der Waals surface area (Å²) in [6, 6.07) is 0.460. The Hall–Kier alpha value is -0.650. The average molecular weight is 257 g/mol. The van der Waals surface area contributed by atoms with E-state index in [9.17, 15) is 0 Å². The summed E-state index contributed by atoms with van der Waals surface area (Å²) in [6.07, 6.45) is 1.12. The summed E-state index contributed by atoms with van der Waals surface area (Å²) in [5.41, 5.74) is 6.72. The monoisotopic (exact) mass is 257 g/mol. The van der Waals surface area contributed by atoms with Gasteiger partial charge in [0.1, 0.15) is 0 Å². The van der Waals surface area contributed by atoms with E-state index in [1.165, 1.54) is 0 Å². The Morgan fingerprint density at radius 2 is 2.18 bits per heavy atom. The molecule has 0 spiro atoms. The first-order chi connectivity index (χ1) is 8.13. The third-order valence-corrected chi connectivity index (χ3v) is 3.72. The van der Waals surface area contributed by atoms with Crippen molar-refractivity contribution in [3.05, 3.63) is 10.6 Å². The molecule has 17 heavy (non-hydrogen) atoms. The fourth-order valence-corrected chi connectivity index (χ4v) is 2.82. The molecule has 0 amide bonds. The van der Waals surface area contributed by atoms with Gasteiger partial charge in [-0.3, -0.25) is 0 Å². The van der Waals surface area contributed by atoms with Gasteiger partial charge in [-0.05, 0) is 20.3 Å². The number of anilines is 1. The Bertz CT molecular complexity index is 338. The summed E-state index contributed by atoms with van der Waals surface area (Å²) in [5.74, 6) is 0. The van der Waals surface area contributed by atoms with Gasteiger partial charge in [0.15, 0.2) is 5.13 Å². The molecule has 0 aliphatic rings. The molecule has 1 aromatic rings. The molecule has 0 saturated heterocycles. The molecule has 0 radical (unpaired) electrons. The smallest absolute Gasteiger partial charge is 0.186 e. The maximum Gasteiger partial charge on any atom is 0.186 e. The fourth-order valence-electron chi connectivity index (χ4n) is 1.72. The lowest BCUT2D eigenvalue weighted by Crippen LogP contribution is -2.31. The van der Waals surface area contributed by atoms with Crippen LogP contribution in [0.1, 0.15) is 37.8 Å². The molecule has 5 heteroatoms. The second-order valence-electron chi connectivity index (χ2n) is 4.29. The van der Waals surface area contributed by atoms with Crippen LogP contribution in [0.2, 0.25) is 0 Å². The van der Waals surface area contributed by atoms with Gasteiger partial charge in [-0.1, -0.05) is 6.92 Å². The van der Waals surface area contributed by atoms with Crippen molar-refractivity contribution in [3.63, 3.8) is 0 Å². The molecule has 0 atom stereocenters.